The van der Waals surface area contributed by atoms with Crippen LogP contribution in [0.2, 0.25) is 0 Å². The van der Waals surface area contributed by atoms with Crippen molar-refractivity contribution in [2.75, 3.05) is 26.2 Å². The summed E-state index contributed by atoms with van der Waals surface area (Å²) in [7, 11) is 0. The van der Waals surface area contributed by atoms with Gasteiger partial charge in [0, 0.05) is 12.6 Å². The minimum absolute atomic E-state index is 0.837. The van der Waals surface area contributed by atoms with Gasteiger partial charge in [0.15, 0.2) is 0 Å². The van der Waals surface area contributed by atoms with E-state index in [1.54, 1.807) is 0 Å². The summed E-state index contributed by atoms with van der Waals surface area (Å²) in [5.74, 6) is 1.09. The lowest BCUT2D eigenvalue weighted by Crippen LogP contribution is -2.37. The van der Waals surface area contributed by atoms with E-state index in [-0.39, 0.29) is 0 Å². The van der Waals surface area contributed by atoms with Crippen molar-refractivity contribution in [2.45, 2.75) is 38.6 Å². The van der Waals surface area contributed by atoms with Gasteiger partial charge in [-0.2, -0.15) is 0 Å². The Labute approximate surface area is 81.7 Å². The second kappa shape index (κ2) is 4.43. The third kappa shape index (κ3) is 2.68. The highest BCUT2D eigenvalue weighted by Gasteiger charge is 2.25. The summed E-state index contributed by atoms with van der Waals surface area (Å²) in [4.78, 5) is 2.66. The van der Waals surface area contributed by atoms with Gasteiger partial charge in [-0.05, 0) is 38.4 Å². The Morgan fingerprint density at radius 2 is 2.15 bits per heavy atom. The summed E-state index contributed by atoms with van der Waals surface area (Å²) in [6.45, 7) is 7.32. The van der Waals surface area contributed by atoms with E-state index in [1.165, 1.54) is 51.9 Å². The van der Waals surface area contributed by atoms with E-state index in [1.807, 2.05) is 0 Å². The van der Waals surface area contributed by atoms with E-state index in [0.717, 1.165) is 12.0 Å². The molecule has 2 rings (SSSR count). The first-order chi connectivity index (χ1) is 6.40. The van der Waals surface area contributed by atoms with Crippen molar-refractivity contribution < 1.29 is 0 Å². The van der Waals surface area contributed by atoms with Crippen molar-refractivity contribution in [1.29, 1.82) is 0 Å². The molecule has 76 valence electrons. The molecule has 2 nitrogen and oxygen atoms in total. The molecule has 1 heterocycles. The van der Waals surface area contributed by atoms with E-state index in [2.05, 4.69) is 17.1 Å². The largest absolute Gasteiger partial charge is 0.315 e. The monoisotopic (exact) mass is 182 g/mol. The Bertz CT molecular complexity index is 148. The molecule has 1 aliphatic carbocycles. The molecule has 0 amide bonds. The van der Waals surface area contributed by atoms with Crippen molar-refractivity contribution in [3.05, 3.63) is 0 Å². The van der Waals surface area contributed by atoms with Crippen molar-refractivity contribution >= 4 is 0 Å². The van der Waals surface area contributed by atoms with Gasteiger partial charge >= 0.3 is 0 Å². The Kier molecular flexibility index (Phi) is 3.23. The highest BCUT2D eigenvalue weighted by molar-refractivity contribution is 4.82. The van der Waals surface area contributed by atoms with E-state index in [4.69, 9.17) is 0 Å². The quantitative estimate of drug-likeness (QED) is 0.692. The Hall–Kier alpha value is -0.0800. The van der Waals surface area contributed by atoms with Crippen LogP contribution < -0.4 is 5.32 Å². The molecule has 2 heteroatoms. The zero-order valence-electron chi connectivity index (χ0n) is 8.76. The summed E-state index contributed by atoms with van der Waals surface area (Å²) in [6.07, 6.45) is 5.81. The molecule has 0 radical (unpaired) electrons. The van der Waals surface area contributed by atoms with Crippen molar-refractivity contribution in [1.82, 2.24) is 10.2 Å². The van der Waals surface area contributed by atoms with Gasteiger partial charge in [0.2, 0.25) is 0 Å². The molecule has 1 unspecified atom stereocenters. The SMILES string of the molecule is CCN(CCC1CC1)C1CCNC1. The van der Waals surface area contributed by atoms with Crippen molar-refractivity contribution in [3.8, 4) is 0 Å². The van der Waals surface area contributed by atoms with Crippen LogP contribution in [0.4, 0.5) is 0 Å². The third-order valence-electron chi connectivity index (χ3n) is 3.48. The van der Waals surface area contributed by atoms with Gasteiger partial charge in [-0.1, -0.05) is 19.8 Å². The van der Waals surface area contributed by atoms with Crippen LogP contribution in [-0.4, -0.2) is 37.1 Å². The predicted octanol–water partition coefficient (Wildman–Crippen LogP) is 1.47. The van der Waals surface area contributed by atoms with E-state index in [0.29, 0.717) is 0 Å². The van der Waals surface area contributed by atoms with Gasteiger partial charge in [0.05, 0.1) is 0 Å². The van der Waals surface area contributed by atoms with E-state index >= 15 is 0 Å². The highest BCUT2D eigenvalue weighted by atomic mass is 15.2. The van der Waals surface area contributed by atoms with Crippen molar-refractivity contribution in [3.63, 3.8) is 0 Å². The van der Waals surface area contributed by atoms with Crippen LogP contribution >= 0.6 is 0 Å². The summed E-state index contributed by atoms with van der Waals surface area (Å²) in [5, 5.41) is 3.45. The van der Waals surface area contributed by atoms with Gasteiger partial charge in [-0.3, -0.25) is 4.90 Å². The Balaban J connectivity index is 1.70. The highest BCUT2D eigenvalue weighted by Crippen LogP contribution is 2.32. The second-order valence-electron chi connectivity index (χ2n) is 4.51. The molecule has 0 spiro atoms. The lowest BCUT2D eigenvalue weighted by molar-refractivity contribution is 0.213. The number of nitrogens with zero attached hydrogens (tertiary/aromatic N) is 1. The zero-order chi connectivity index (χ0) is 9.10. The van der Waals surface area contributed by atoms with Crippen LogP contribution in [0, 0.1) is 5.92 Å². The molecule has 2 fully saturated rings. The molecule has 2 aliphatic rings. The average molecular weight is 182 g/mol. The number of likely N-dealkylation sites (N-methyl/N-ethyl adjacent to an activating group) is 1. The maximum Gasteiger partial charge on any atom is 0.0232 e. The molecule has 0 aromatic rings. The van der Waals surface area contributed by atoms with Crippen LogP contribution in [0.15, 0.2) is 0 Å². The normalized spacial score (nSPS) is 28.6. The minimum Gasteiger partial charge on any atom is -0.315 e. The molecule has 1 saturated heterocycles. The first-order valence-electron chi connectivity index (χ1n) is 5.85. The number of rotatable bonds is 5. The lowest BCUT2D eigenvalue weighted by Gasteiger charge is -2.26. The first-order valence-corrected chi connectivity index (χ1v) is 5.85. The molecular weight excluding hydrogens is 160 g/mol. The fourth-order valence-electron chi connectivity index (χ4n) is 2.30. The van der Waals surface area contributed by atoms with Gasteiger partial charge < -0.3 is 5.32 Å². The lowest BCUT2D eigenvalue weighted by atomic mass is 10.2. The molecule has 0 aromatic carbocycles. The molecule has 1 aliphatic heterocycles. The molecule has 1 saturated carbocycles. The summed E-state index contributed by atoms with van der Waals surface area (Å²) in [5.41, 5.74) is 0. The standard InChI is InChI=1S/C11H22N2/c1-2-13(8-6-10-3-4-10)11-5-7-12-9-11/h10-12H,2-9H2,1H3. The second-order valence-corrected chi connectivity index (χ2v) is 4.51. The third-order valence-corrected chi connectivity index (χ3v) is 3.48. The molecule has 1 atom stereocenters. The maximum atomic E-state index is 3.45. The Morgan fingerprint density at radius 1 is 1.31 bits per heavy atom. The number of hydrogen-bond acceptors (Lipinski definition) is 2. The minimum atomic E-state index is 0.837. The summed E-state index contributed by atoms with van der Waals surface area (Å²) in [6, 6.07) is 0.837. The van der Waals surface area contributed by atoms with Gasteiger partial charge in [-0.25, -0.2) is 0 Å². The average Bonchev–Trinajstić information content (AvgIpc) is 2.81. The first kappa shape index (κ1) is 9.47. The molecule has 1 N–H and O–H groups in total. The van der Waals surface area contributed by atoms with Gasteiger partial charge in [0.25, 0.3) is 0 Å². The van der Waals surface area contributed by atoms with Crippen molar-refractivity contribution in [2.24, 2.45) is 5.92 Å². The fourth-order valence-corrected chi connectivity index (χ4v) is 2.30. The molecule has 0 aromatic heterocycles. The Morgan fingerprint density at radius 3 is 2.69 bits per heavy atom. The molecule has 13 heavy (non-hydrogen) atoms. The molecular formula is C11H22N2. The van der Waals surface area contributed by atoms with E-state index < -0.39 is 0 Å². The number of nitrogens with one attached hydrogen (secondary N) is 1. The summed E-state index contributed by atoms with van der Waals surface area (Å²) >= 11 is 0. The topological polar surface area (TPSA) is 15.3 Å². The predicted molar refractivity (Wildman–Crippen MR) is 55.9 cm³/mol. The fraction of sp³-hybridized carbons (Fsp3) is 1.00. The maximum absolute atomic E-state index is 3.45. The summed E-state index contributed by atoms with van der Waals surface area (Å²) < 4.78 is 0. The molecule has 0 bridgehead atoms. The smallest absolute Gasteiger partial charge is 0.0232 e. The zero-order valence-corrected chi connectivity index (χ0v) is 8.76. The van der Waals surface area contributed by atoms with Crippen LogP contribution in [0.3, 0.4) is 0 Å². The van der Waals surface area contributed by atoms with Gasteiger partial charge in [-0.15, -0.1) is 0 Å². The van der Waals surface area contributed by atoms with Crippen LogP contribution in [0.5, 0.6) is 0 Å². The number of hydrogen-bond donors (Lipinski definition) is 1. The van der Waals surface area contributed by atoms with E-state index in [9.17, 15) is 0 Å². The van der Waals surface area contributed by atoms with Gasteiger partial charge in [0.1, 0.15) is 0 Å². The van der Waals surface area contributed by atoms with Crippen LogP contribution in [0.25, 0.3) is 0 Å². The van der Waals surface area contributed by atoms with Crippen LogP contribution in [-0.2, 0) is 0 Å². The van der Waals surface area contributed by atoms with Crippen LogP contribution in [0.1, 0.15) is 32.6 Å².